The van der Waals surface area contributed by atoms with E-state index in [0.29, 0.717) is 33.8 Å². The first kappa shape index (κ1) is 21.5. The maximum atomic E-state index is 12.8. The lowest BCUT2D eigenvalue weighted by atomic mass is 9.89. The van der Waals surface area contributed by atoms with E-state index < -0.39 is 5.91 Å². The summed E-state index contributed by atoms with van der Waals surface area (Å²) in [6, 6.07) is 9.25. The molecule has 0 fully saturated rings. The van der Waals surface area contributed by atoms with Gasteiger partial charge in [-0.1, -0.05) is 49.6 Å². The van der Waals surface area contributed by atoms with Crippen LogP contribution in [-0.2, 0) is 9.59 Å². The lowest BCUT2D eigenvalue weighted by Gasteiger charge is -2.23. The van der Waals surface area contributed by atoms with Crippen LogP contribution in [0.5, 0.6) is 5.75 Å². The fourth-order valence-electron chi connectivity index (χ4n) is 2.75. The second kappa shape index (κ2) is 9.90. The van der Waals surface area contributed by atoms with E-state index >= 15 is 0 Å². The Labute approximate surface area is 170 Å². The van der Waals surface area contributed by atoms with Gasteiger partial charge in [0.2, 0.25) is 5.91 Å². The molecule has 2 amide bonds. The average Bonchev–Trinajstić information content (AvgIpc) is 2.70. The van der Waals surface area contributed by atoms with Crippen molar-refractivity contribution in [2.75, 3.05) is 13.1 Å². The number of carbonyl (C=O) groups is 2. The van der Waals surface area contributed by atoms with Crippen LogP contribution in [0.2, 0.25) is 0 Å². The summed E-state index contributed by atoms with van der Waals surface area (Å²) in [5.74, 6) is 0.337. The maximum Gasteiger partial charge on any atom is 0.262 e. The van der Waals surface area contributed by atoms with E-state index in [9.17, 15) is 14.9 Å². The number of nitriles is 1. The lowest BCUT2D eigenvalue weighted by molar-refractivity contribution is -0.119. The Morgan fingerprint density at radius 2 is 1.86 bits per heavy atom. The summed E-state index contributed by atoms with van der Waals surface area (Å²) in [5, 5.41) is 15.1. The van der Waals surface area contributed by atoms with Crippen LogP contribution in [0.4, 0.5) is 0 Å². The molecule has 0 unspecified atom stereocenters. The molecule has 1 aromatic carbocycles. The number of fused-ring (bicyclic) bond motifs is 1. The zero-order valence-electron chi connectivity index (χ0n) is 16.5. The van der Waals surface area contributed by atoms with Crippen molar-refractivity contribution < 1.29 is 14.3 Å². The Morgan fingerprint density at radius 3 is 2.48 bits per heavy atom. The molecular formula is C23H23N3O3. The summed E-state index contributed by atoms with van der Waals surface area (Å²) in [6.45, 7) is 11.0. The Morgan fingerprint density at radius 1 is 1.21 bits per heavy atom. The zero-order chi connectivity index (χ0) is 21.4. The summed E-state index contributed by atoms with van der Waals surface area (Å²) >= 11 is 0. The number of amides is 2. The topological polar surface area (TPSA) is 91.2 Å². The summed E-state index contributed by atoms with van der Waals surface area (Å²) in [4.78, 5) is 24.3. The van der Waals surface area contributed by atoms with Gasteiger partial charge in [-0.3, -0.25) is 9.59 Å². The number of benzene rings is 1. The molecule has 2 N–H and O–H groups in total. The number of nitrogens with zero attached hydrogens (tertiary/aromatic N) is 1. The van der Waals surface area contributed by atoms with Gasteiger partial charge >= 0.3 is 0 Å². The number of nitrogens with one attached hydrogen (secondary N) is 2. The van der Waals surface area contributed by atoms with Crippen molar-refractivity contribution in [2.45, 2.75) is 13.8 Å². The minimum absolute atomic E-state index is 0.0324. The SMILES string of the molecule is C=C/C=C\C1=C(C)Oc2ccccc2/C1=C(/C#N)C(=O)NCCNC(=O)C(=C)C. The van der Waals surface area contributed by atoms with Gasteiger partial charge in [0.15, 0.2) is 0 Å². The van der Waals surface area contributed by atoms with Crippen molar-refractivity contribution in [2.24, 2.45) is 0 Å². The van der Waals surface area contributed by atoms with Crippen LogP contribution in [0.1, 0.15) is 19.4 Å². The van der Waals surface area contributed by atoms with Crippen molar-refractivity contribution in [3.63, 3.8) is 0 Å². The summed E-state index contributed by atoms with van der Waals surface area (Å²) < 4.78 is 5.86. The standard InChI is InChI=1S/C23H23N3O3/c1-5-6-9-17-16(4)29-20-11-8-7-10-18(20)21(17)19(14-24)23(28)26-13-12-25-22(27)15(2)3/h5-11H,1-2,12-13H2,3-4H3,(H,25,27)(H,26,28)/b9-6-,21-19-. The van der Waals surface area contributed by atoms with Crippen molar-refractivity contribution in [1.82, 2.24) is 10.6 Å². The molecule has 0 radical (unpaired) electrons. The van der Waals surface area contributed by atoms with Crippen LogP contribution in [0, 0.1) is 11.3 Å². The lowest BCUT2D eigenvalue weighted by Crippen LogP contribution is -2.35. The van der Waals surface area contributed by atoms with E-state index in [2.05, 4.69) is 23.8 Å². The molecule has 29 heavy (non-hydrogen) atoms. The molecule has 148 valence electrons. The van der Waals surface area contributed by atoms with E-state index in [1.807, 2.05) is 18.2 Å². The highest BCUT2D eigenvalue weighted by molar-refractivity contribution is 6.09. The highest BCUT2D eigenvalue weighted by atomic mass is 16.5. The van der Waals surface area contributed by atoms with E-state index in [-0.39, 0.29) is 24.6 Å². The fourth-order valence-corrected chi connectivity index (χ4v) is 2.75. The molecule has 0 saturated carbocycles. The number of allylic oxidation sites excluding steroid dienone is 6. The van der Waals surface area contributed by atoms with Crippen molar-refractivity contribution in [3.8, 4) is 11.8 Å². The Hall–Kier alpha value is -3.85. The highest BCUT2D eigenvalue weighted by Gasteiger charge is 2.27. The fraction of sp³-hybridized carbons (Fsp3) is 0.174. The minimum Gasteiger partial charge on any atom is -0.461 e. The van der Waals surface area contributed by atoms with Gasteiger partial charge in [0.1, 0.15) is 23.2 Å². The monoisotopic (exact) mass is 389 g/mol. The minimum atomic E-state index is -0.527. The smallest absolute Gasteiger partial charge is 0.262 e. The number of carbonyl (C=O) groups excluding carboxylic acids is 2. The number of ether oxygens (including phenoxy) is 1. The highest BCUT2D eigenvalue weighted by Crippen LogP contribution is 2.40. The quantitative estimate of drug-likeness (QED) is 0.324. The summed E-state index contributed by atoms with van der Waals surface area (Å²) in [6.07, 6.45) is 5.08. The largest absolute Gasteiger partial charge is 0.461 e. The van der Waals surface area contributed by atoms with Gasteiger partial charge in [-0.2, -0.15) is 5.26 Å². The van der Waals surface area contributed by atoms with Gasteiger partial charge < -0.3 is 15.4 Å². The van der Waals surface area contributed by atoms with Crippen molar-refractivity contribution in [3.05, 3.63) is 83.7 Å². The molecule has 1 aliphatic rings. The van der Waals surface area contributed by atoms with E-state index in [0.717, 1.165) is 0 Å². The Kier molecular flexibility index (Phi) is 7.33. The molecule has 0 aliphatic carbocycles. The van der Waals surface area contributed by atoms with Gasteiger partial charge in [0, 0.05) is 35.4 Å². The van der Waals surface area contributed by atoms with Crippen LogP contribution in [0.25, 0.3) is 5.57 Å². The first-order valence-electron chi connectivity index (χ1n) is 9.04. The van der Waals surface area contributed by atoms with E-state index in [1.165, 1.54) is 0 Å². The molecule has 0 atom stereocenters. The molecule has 2 rings (SSSR count). The molecule has 1 aliphatic heterocycles. The van der Waals surface area contributed by atoms with E-state index in [1.54, 1.807) is 44.2 Å². The molecule has 6 heteroatoms. The maximum absolute atomic E-state index is 12.8. The van der Waals surface area contributed by atoms with Crippen LogP contribution in [0.3, 0.4) is 0 Å². The number of para-hydroxylation sites is 1. The first-order valence-corrected chi connectivity index (χ1v) is 9.04. The summed E-state index contributed by atoms with van der Waals surface area (Å²) in [5.41, 5.74) is 2.13. The van der Waals surface area contributed by atoms with Crippen LogP contribution in [0.15, 0.2) is 78.1 Å². The molecule has 1 aromatic rings. The van der Waals surface area contributed by atoms with Gasteiger partial charge in [-0.05, 0) is 19.9 Å². The molecule has 0 saturated heterocycles. The average molecular weight is 389 g/mol. The molecule has 0 spiro atoms. The molecular weight excluding hydrogens is 366 g/mol. The predicted octanol–water partition coefficient (Wildman–Crippen LogP) is 3.18. The van der Waals surface area contributed by atoms with Crippen LogP contribution in [-0.4, -0.2) is 24.9 Å². The third kappa shape index (κ3) is 5.11. The second-order valence-corrected chi connectivity index (χ2v) is 6.32. The van der Waals surface area contributed by atoms with Crippen molar-refractivity contribution in [1.29, 1.82) is 5.26 Å². The molecule has 1 heterocycles. The van der Waals surface area contributed by atoms with Gasteiger partial charge in [0.25, 0.3) is 5.91 Å². The first-order chi connectivity index (χ1) is 13.9. The normalized spacial score (nSPS) is 14.4. The number of hydrogen-bond donors (Lipinski definition) is 2. The predicted molar refractivity (Wildman–Crippen MR) is 112 cm³/mol. The Bertz CT molecular complexity index is 991. The number of hydrogen-bond acceptors (Lipinski definition) is 4. The van der Waals surface area contributed by atoms with Crippen LogP contribution >= 0.6 is 0 Å². The van der Waals surface area contributed by atoms with Gasteiger partial charge in [-0.25, -0.2) is 0 Å². The zero-order valence-corrected chi connectivity index (χ0v) is 16.5. The second-order valence-electron chi connectivity index (χ2n) is 6.32. The summed E-state index contributed by atoms with van der Waals surface area (Å²) in [7, 11) is 0. The number of rotatable bonds is 7. The third-order valence-corrected chi connectivity index (χ3v) is 4.14. The van der Waals surface area contributed by atoms with Gasteiger partial charge in [-0.15, -0.1) is 0 Å². The van der Waals surface area contributed by atoms with E-state index in [4.69, 9.17) is 4.74 Å². The molecule has 6 nitrogen and oxygen atoms in total. The Balaban J connectivity index is 2.37. The molecule has 0 aromatic heterocycles. The van der Waals surface area contributed by atoms with Gasteiger partial charge in [0.05, 0.1) is 0 Å². The third-order valence-electron chi connectivity index (χ3n) is 4.14. The van der Waals surface area contributed by atoms with Crippen LogP contribution < -0.4 is 15.4 Å². The molecule has 0 bridgehead atoms. The van der Waals surface area contributed by atoms with Crippen molar-refractivity contribution >= 4 is 17.4 Å².